The number of nitrogens with two attached hydrogens (primary N) is 1. The summed E-state index contributed by atoms with van der Waals surface area (Å²) < 4.78 is 0. The molecule has 0 aromatic carbocycles. The topological polar surface area (TPSA) is 55.1 Å². The van der Waals surface area contributed by atoms with E-state index in [1.807, 2.05) is 18.7 Å². The normalized spacial score (nSPS) is 21.4. The Morgan fingerprint density at radius 1 is 1.50 bits per heavy atom. The maximum absolute atomic E-state index is 11.7. The van der Waals surface area contributed by atoms with Gasteiger partial charge in [-0.15, -0.1) is 0 Å². The summed E-state index contributed by atoms with van der Waals surface area (Å²) >= 11 is 2.01. The molecule has 1 aliphatic heterocycles. The minimum Gasteiger partial charge on any atom is -0.354 e. The first kappa shape index (κ1) is 13.8. The first-order chi connectivity index (χ1) is 7.65. The molecular formula is C12H24N2OS. The summed E-state index contributed by atoms with van der Waals surface area (Å²) in [6.07, 6.45) is 3.40. The van der Waals surface area contributed by atoms with Crippen LogP contribution in [0.25, 0.3) is 0 Å². The highest BCUT2D eigenvalue weighted by Gasteiger charge is 2.20. The van der Waals surface area contributed by atoms with Gasteiger partial charge in [-0.25, -0.2) is 0 Å². The number of hydrogen-bond donors (Lipinski definition) is 2. The molecule has 1 saturated heterocycles. The molecule has 3 nitrogen and oxygen atoms in total. The predicted molar refractivity (Wildman–Crippen MR) is 70.5 cm³/mol. The Bertz CT molecular complexity index is 217. The van der Waals surface area contributed by atoms with Crippen LogP contribution in [0.4, 0.5) is 0 Å². The van der Waals surface area contributed by atoms with Gasteiger partial charge in [0.2, 0.25) is 5.91 Å². The third-order valence-corrected chi connectivity index (χ3v) is 4.51. The Hall–Kier alpha value is -0.220. The summed E-state index contributed by atoms with van der Waals surface area (Å²) in [5, 5.41) is 2.99. The Kier molecular flexibility index (Phi) is 6.21. The van der Waals surface area contributed by atoms with E-state index >= 15 is 0 Å². The van der Waals surface area contributed by atoms with Crippen LogP contribution in [0.15, 0.2) is 0 Å². The summed E-state index contributed by atoms with van der Waals surface area (Å²) in [6, 6.07) is -0.344. The maximum Gasteiger partial charge on any atom is 0.237 e. The Labute approximate surface area is 103 Å². The average Bonchev–Trinajstić information content (AvgIpc) is 2.35. The van der Waals surface area contributed by atoms with Gasteiger partial charge in [-0.2, -0.15) is 11.8 Å². The smallest absolute Gasteiger partial charge is 0.237 e. The van der Waals surface area contributed by atoms with Gasteiger partial charge < -0.3 is 11.1 Å². The predicted octanol–water partition coefficient (Wildman–Crippen LogP) is 1.62. The fourth-order valence-corrected chi connectivity index (χ4v) is 3.03. The van der Waals surface area contributed by atoms with E-state index in [9.17, 15) is 4.79 Å². The summed E-state index contributed by atoms with van der Waals surface area (Å²) in [6.45, 7) is 4.90. The van der Waals surface area contributed by atoms with Gasteiger partial charge in [-0.3, -0.25) is 4.79 Å². The largest absolute Gasteiger partial charge is 0.354 e. The third-order valence-electron chi connectivity index (χ3n) is 3.47. The van der Waals surface area contributed by atoms with Crippen LogP contribution < -0.4 is 11.1 Å². The number of carbonyl (C=O) groups excluding carboxylic acids is 1. The highest BCUT2D eigenvalue weighted by atomic mass is 32.2. The van der Waals surface area contributed by atoms with E-state index in [0.29, 0.717) is 5.92 Å². The van der Waals surface area contributed by atoms with Crippen LogP contribution in [-0.4, -0.2) is 30.0 Å². The average molecular weight is 244 g/mol. The lowest BCUT2D eigenvalue weighted by atomic mass is 9.98. The fraction of sp³-hybridized carbons (Fsp3) is 0.917. The third kappa shape index (κ3) is 4.34. The van der Waals surface area contributed by atoms with Crippen molar-refractivity contribution in [2.24, 2.45) is 17.6 Å². The summed E-state index contributed by atoms with van der Waals surface area (Å²) in [5.41, 5.74) is 5.87. The van der Waals surface area contributed by atoms with Crippen molar-refractivity contribution in [3.63, 3.8) is 0 Å². The second-order valence-electron chi connectivity index (χ2n) is 4.71. The lowest BCUT2D eigenvalue weighted by Gasteiger charge is -2.23. The van der Waals surface area contributed by atoms with Gasteiger partial charge in [0.05, 0.1) is 6.04 Å². The highest BCUT2D eigenvalue weighted by molar-refractivity contribution is 7.99. The second-order valence-corrected chi connectivity index (χ2v) is 5.94. The second kappa shape index (κ2) is 7.17. The van der Waals surface area contributed by atoms with Crippen LogP contribution >= 0.6 is 11.8 Å². The van der Waals surface area contributed by atoms with Gasteiger partial charge in [-0.1, -0.05) is 20.3 Å². The van der Waals surface area contributed by atoms with Crippen molar-refractivity contribution in [1.82, 2.24) is 5.32 Å². The molecule has 0 unspecified atom stereocenters. The van der Waals surface area contributed by atoms with Crippen LogP contribution in [0.1, 0.15) is 33.1 Å². The van der Waals surface area contributed by atoms with Gasteiger partial charge in [0.1, 0.15) is 0 Å². The van der Waals surface area contributed by atoms with Crippen LogP contribution in [0.2, 0.25) is 0 Å². The van der Waals surface area contributed by atoms with E-state index in [1.165, 1.54) is 24.3 Å². The van der Waals surface area contributed by atoms with Crippen molar-refractivity contribution in [1.29, 1.82) is 0 Å². The number of thioether (sulfide) groups is 1. The number of amides is 1. The quantitative estimate of drug-likeness (QED) is 0.772. The molecule has 1 amide bonds. The van der Waals surface area contributed by atoms with Gasteiger partial charge in [-0.05, 0) is 36.2 Å². The Balaban J connectivity index is 2.23. The molecule has 2 atom stereocenters. The van der Waals surface area contributed by atoms with Crippen LogP contribution in [0.5, 0.6) is 0 Å². The first-order valence-electron chi connectivity index (χ1n) is 6.26. The molecule has 1 fully saturated rings. The van der Waals surface area contributed by atoms with E-state index in [1.54, 1.807) is 0 Å². The maximum atomic E-state index is 11.7. The molecule has 0 aliphatic carbocycles. The summed E-state index contributed by atoms with van der Waals surface area (Å²) in [4.78, 5) is 11.7. The van der Waals surface area contributed by atoms with Crippen molar-refractivity contribution in [3.05, 3.63) is 0 Å². The van der Waals surface area contributed by atoms with Gasteiger partial charge >= 0.3 is 0 Å². The summed E-state index contributed by atoms with van der Waals surface area (Å²) in [7, 11) is 0. The molecule has 94 valence electrons. The molecule has 4 heteroatoms. The summed E-state index contributed by atoms with van der Waals surface area (Å²) in [5.74, 6) is 3.42. The van der Waals surface area contributed by atoms with Crippen LogP contribution in [-0.2, 0) is 4.79 Å². The fourth-order valence-electron chi connectivity index (χ4n) is 1.83. The molecule has 1 heterocycles. The zero-order valence-corrected chi connectivity index (χ0v) is 11.2. The van der Waals surface area contributed by atoms with Crippen molar-refractivity contribution >= 4 is 17.7 Å². The molecule has 0 saturated carbocycles. The van der Waals surface area contributed by atoms with Crippen molar-refractivity contribution < 1.29 is 4.79 Å². The molecule has 0 aromatic heterocycles. The Morgan fingerprint density at radius 3 is 2.69 bits per heavy atom. The molecule has 0 radical (unpaired) electrons. The molecule has 0 bridgehead atoms. The number of hydrogen-bond acceptors (Lipinski definition) is 3. The molecule has 0 spiro atoms. The molecular weight excluding hydrogens is 220 g/mol. The molecule has 3 N–H and O–H groups in total. The van der Waals surface area contributed by atoms with Crippen molar-refractivity contribution in [2.75, 3.05) is 18.1 Å². The van der Waals surface area contributed by atoms with E-state index in [-0.39, 0.29) is 17.9 Å². The van der Waals surface area contributed by atoms with Crippen LogP contribution in [0.3, 0.4) is 0 Å². The van der Waals surface area contributed by atoms with Crippen LogP contribution in [0, 0.1) is 11.8 Å². The molecule has 1 rings (SSSR count). The molecule has 1 aliphatic rings. The lowest BCUT2D eigenvalue weighted by Crippen LogP contribution is -2.46. The standard InChI is InChI=1S/C12H24N2OS/c1-3-9(2)11(13)12(15)14-8-10-4-6-16-7-5-10/h9-11H,3-8,13H2,1-2H3,(H,14,15)/t9-,11-/m0/s1. The van der Waals surface area contributed by atoms with Crippen molar-refractivity contribution in [2.45, 2.75) is 39.2 Å². The highest BCUT2D eigenvalue weighted by Crippen LogP contribution is 2.21. The first-order valence-corrected chi connectivity index (χ1v) is 7.41. The number of nitrogens with one attached hydrogen (secondary N) is 1. The zero-order chi connectivity index (χ0) is 12.0. The van der Waals surface area contributed by atoms with E-state index in [2.05, 4.69) is 12.2 Å². The van der Waals surface area contributed by atoms with E-state index in [4.69, 9.17) is 5.73 Å². The molecule has 16 heavy (non-hydrogen) atoms. The van der Waals surface area contributed by atoms with Crippen molar-refractivity contribution in [3.8, 4) is 0 Å². The number of rotatable bonds is 5. The van der Waals surface area contributed by atoms with Gasteiger partial charge in [0, 0.05) is 6.54 Å². The minimum absolute atomic E-state index is 0.0209. The lowest BCUT2D eigenvalue weighted by molar-refractivity contribution is -0.123. The van der Waals surface area contributed by atoms with Gasteiger partial charge in [0.15, 0.2) is 0 Å². The minimum atomic E-state index is -0.344. The Morgan fingerprint density at radius 2 is 2.12 bits per heavy atom. The zero-order valence-electron chi connectivity index (χ0n) is 10.4. The van der Waals surface area contributed by atoms with Gasteiger partial charge in [0.25, 0.3) is 0 Å². The number of carbonyl (C=O) groups is 1. The van der Waals surface area contributed by atoms with E-state index in [0.717, 1.165) is 13.0 Å². The SMILES string of the molecule is CC[C@H](C)[C@H](N)C(=O)NCC1CCSCC1. The van der Waals surface area contributed by atoms with E-state index < -0.39 is 0 Å². The molecule has 0 aromatic rings. The monoisotopic (exact) mass is 244 g/mol.